The van der Waals surface area contributed by atoms with Crippen molar-refractivity contribution >= 4 is 5.69 Å². The number of aryl methyl sites for hydroxylation is 5. The minimum atomic E-state index is 0.425. The summed E-state index contributed by atoms with van der Waals surface area (Å²) in [5, 5.41) is 19.0. The van der Waals surface area contributed by atoms with Crippen LogP contribution in [-0.4, -0.2) is 196 Å². The number of hydrogen-bond donors (Lipinski definition) is 5. The molecule has 19 nitrogen and oxygen atoms in total. The van der Waals surface area contributed by atoms with E-state index in [2.05, 4.69) is 296 Å². The molecule has 7 aromatic heterocycles. The van der Waals surface area contributed by atoms with E-state index in [1.807, 2.05) is 55.5 Å². The lowest BCUT2D eigenvalue weighted by molar-refractivity contribution is 0.190. The minimum Gasteiger partial charge on any atom is -0.371 e. The molecule has 788 valence electrons. The molecule has 0 unspecified atom stereocenters. The minimum absolute atomic E-state index is 0.425. The average Bonchev–Trinajstić information content (AvgIpc) is 0.788. The van der Waals surface area contributed by atoms with Crippen molar-refractivity contribution in [1.29, 1.82) is 0 Å². The van der Waals surface area contributed by atoms with Gasteiger partial charge in [0, 0.05) is 175 Å². The third-order valence-electron chi connectivity index (χ3n) is 36.6. The molecule has 13 aliphatic rings. The average molecular weight is 2010 g/mol. The largest absolute Gasteiger partial charge is 0.371 e. The first kappa shape index (κ1) is 105. The fraction of sp³-hybridized carbons (Fsp3) is 0.504. The number of hydrogen-bond acceptors (Lipinski definition) is 19. The monoisotopic (exact) mass is 2010 g/mol. The lowest BCUT2D eigenvalue weighted by Gasteiger charge is -2.40. The molecule has 10 atom stereocenters. The van der Waals surface area contributed by atoms with E-state index in [-0.39, 0.29) is 0 Å². The highest BCUT2D eigenvalue weighted by Crippen LogP contribution is 2.43. The normalized spacial score (nSPS) is 23.0. The van der Waals surface area contributed by atoms with Gasteiger partial charge >= 0.3 is 0 Å². The van der Waals surface area contributed by atoms with Crippen LogP contribution >= 0.6 is 0 Å². The first-order valence-corrected chi connectivity index (χ1v) is 58.4. The molecule has 5 N–H and O–H groups in total. The Hall–Kier alpha value is -10.5. The Labute approximate surface area is 897 Å². The first-order valence-electron chi connectivity index (χ1n) is 58.4. The van der Waals surface area contributed by atoms with Crippen LogP contribution in [-0.2, 0) is 110 Å². The Bertz CT molecular complexity index is 6060. The van der Waals surface area contributed by atoms with Gasteiger partial charge in [-0.1, -0.05) is 192 Å². The van der Waals surface area contributed by atoms with Gasteiger partial charge in [-0.3, -0.25) is 59.4 Å². The molecule has 19 heteroatoms. The molecular formula is C131H169N19. The molecule has 1 saturated heterocycles. The summed E-state index contributed by atoms with van der Waals surface area (Å²) in [5.74, 6) is 1.82. The van der Waals surface area contributed by atoms with Crippen molar-refractivity contribution in [1.82, 2.24) is 90.9 Å². The first-order chi connectivity index (χ1) is 73.7. The van der Waals surface area contributed by atoms with E-state index in [1.54, 1.807) is 27.8 Å². The second-order valence-electron chi connectivity index (χ2n) is 46.8. The summed E-state index contributed by atoms with van der Waals surface area (Å²) >= 11 is 0. The molecule has 13 heterocycles. The van der Waals surface area contributed by atoms with Crippen molar-refractivity contribution in [3.63, 3.8) is 0 Å². The quantitative estimate of drug-likeness (QED) is 0.0409. The van der Waals surface area contributed by atoms with Gasteiger partial charge < -0.3 is 36.4 Å². The van der Waals surface area contributed by atoms with Crippen LogP contribution in [0.25, 0.3) is 22.5 Å². The van der Waals surface area contributed by atoms with E-state index in [1.165, 1.54) is 311 Å². The number of rotatable bonds is 23. The van der Waals surface area contributed by atoms with Crippen LogP contribution in [0.4, 0.5) is 5.69 Å². The van der Waals surface area contributed by atoms with Crippen molar-refractivity contribution in [2.75, 3.05) is 100 Å². The highest BCUT2D eigenvalue weighted by molar-refractivity contribution is 5.67. The van der Waals surface area contributed by atoms with Gasteiger partial charge in [0.25, 0.3) is 0 Å². The number of piperidine rings is 1. The summed E-state index contributed by atoms with van der Waals surface area (Å²) in [7, 11) is 15.9. The van der Waals surface area contributed by atoms with Gasteiger partial charge in [0.2, 0.25) is 0 Å². The fourth-order valence-electron chi connectivity index (χ4n) is 28.5. The van der Waals surface area contributed by atoms with E-state index in [0.717, 1.165) is 127 Å². The van der Waals surface area contributed by atoms with Gasteiger partial charge in [-0.2, -0.15) is 0 Å². The molecular weight excluding hydrogens is 1840 g/mol. The molecule has 7 aliphatic carbocycles. The second-order valence-corrected chi connectivity index (χ2v) is 46.8. The highest BCUT2D eigenvalue weighted by Gasteiger charge is 2.38. The lowest BCUT2D eigenvalue weighted by Crippen LogP contribution is -2.46. The predicted molar refractivity (Wildman–Crippen MR) is 613 cm³/mol. The van der Waals surface area contributed by atoms with Crippen molar-refractivity contribution in [2.24, 2.45) is 11.8 Å². The van der Waals surface area contributed by atoms with Crippen LogP contribution in [0.3, 0.4) is 0 Å². The number of likely N-dealkylation sites (N-methyl/N-ethyl adjacent to an activating group) is 5. The topological polar surface area (TPSA) is 173 Å². The molecule has 0 amide bonds. The van der Waals surface area contributed by atoms with Gasteiger partial charge in [-0.05, 0) is 371 Å². The third-order valence-corrected chi connectivity index (χ3v) is 36.6. The summed E-state index contributed by atoms with van der Waals surface area (Å²) in [6, 6.07) is 73.7. The van der Waals surface area contributed by atoms with Crippen LogP contribution in [0.1, 0.15) is 295 Å². The summed E-state index contributed by atoms with van der Waals surface area (Å²) in [6.45, 7) is 12.5. The number of fused-ring (bicyclic) bond motifs is 10. The molecule has 0 spiro atoms. The van der Waals surface area contributed by atoms with Crippen molar-refractivity contribution in [3.05, 3.63) is 354 Å². The Morgan fingerprint density at radius 2 is 0.533 bits per heavy atom. The molecule has 25 rings (SSSR count). The smallest absolute Gasteiger partial charge is 0.0704 e. The second kappa shape index (κ2) is 51.0. The Morgan fingerprint density at radius 3 is 0.847 bits per heavy atom. The number of nitrogens with one attached hydrogen (secondary N) is 5. The van der Waals surface area contributed by atoms with Crippen LogP contribution in [0, 0.1) is 11.8 Å². The number of anilines is 1. The van der Waals surface area contributed by atoms with E-state index in [9.17, 15) is 0 Å². The molecule has 2 saturated carbocycles. The highest BCUT2D eigenvalue weighted by atomic mass is 15.2. The van der Waals surface area contributed by atoms with E-state index in [0.29, 0.717) is 60.4 Å². The predicted octanol–water partition coefficient (Wildman–Crippen LogP) is 22.4. The summed E-state index contributed by atoms with van der Waals surface area (Å²) in [5.41, 5.74) is 38.3. The molecule has 12 aromatic rings. The summed E-state index contributed by atoms with van der Waals surface area (Å²) in [6.07, 6.45) is 56.8. The Morgan fingerprint density at radius 1 is 0.253 bits per heavy atom. The van der Waals surface area contributed by atoms with E-state index in [4.69, 9.17) is 24.9 Å². The maximum Gasteiger partial charge on any atom is 0.0704 e. The lowest BCUT2D eigenvalue weighted by atomic mass is 9.81. The Kier molecular flexibility index (Phi) is 35.8. The van der Waals surface area contributed by atoms with Crippen LogP contribution in [0.5, 0.6) is 0 Å². The number of benzene rings is 5. The van der Waals surface area contributed by atoms with Crippen molar-refractivity contribution < 1.29 is 0 Å². The van der Waals surface area contributed by atoms with Gasteiger partial charge in [-0.25, -0.2) is 0 Å². The molecule has 5 aromatic carbocycles. The van der Waals surface area contributed by atoms with Gasteiger partial charge in [0.05, 0.1) is 70.1 Å². The maximum absolute atomic E-state index is 4.77. The van der Waals surface area contributed by atoms with Gasteiger partial charge in [0.1, 0.15) is 0 Å². The molecule has 0 bridgehead atoms. The van der Waals surface area contributed by atoms with E-state index >= 15 is 0 Å². The molecule has 150 heavy (non-hydrogen) atoms. The van der Waals surface area contributed by atoms with Crippen LogP contribution in [0.2, 0.25) is 0 Å². The van der Waals surface area contributed by atoms with Crippen molar-refractivity contribution in [2.45, 2.75) is 317 Å². The van der Waals surface area contributed by atoms with Gasteiger partial charge in [-0.15, -0.1) is 0 Å². The number of aromatic nitrogens is 7. The van der Waals surface area contributed by atoms with Gasteiger partial charge in [0.15, 0.2) is 0 Å². The fourth-order valence-corrected chi connectivity index (χ4v) is 28.5. The maximum atomic E-state index is 4.77. The van der Waals surface area contributed by atoms with Crippen LogP contribution < -0.4 is 31.5 Å². The number of nitrogens with zero attached hydrogens (tertiary/aromatic N) is 14. The zero-order chi connectivity index (χ0) is 102. The number of pyridine rings is 7. The van der Waals surface area contributed by atoms with Crippen molar-refractivity contribution in [3.8, 4) is 22.5 Å². The summed E-state index contributed by atoms with van der Waals surface area (Å²) < 4.78 is 0. The third kappa shape index (κ3) is 25.7. The van der Waals surface area contributed by atoms with Crippen LogP contribution in [0.15, 0.2) is 231 Å². The Balaban J connectivity index is 0.000000110. The molecule has 6 aliphatic heterocycles. The summed E-state index contributed by atoms with van der Waals surface area (Å²) in [4.78, 5) is 50.7. The molecule has 3 fully saturated rings. The standard InChI is InChI=1S/C27H39N5.2C27H37N3.2C25H28N4/c1-30(2)23-12-15-32(16-13-23)25-10-5-8-21-18-29-22(17-24(21)25)19-31(3)26-11-4-7-20-9-6-14-28-27(20)26;2*1-30(26-14-6-10-21-13-7-15-28-27(21)26)19-24-17-25-22(11-5-12-23(25)18-29-24)16-20-8-3-2-4-9-20;2*1-29(24-12-5-7-18-9-6-14-27-25(18)24)17-20-15-22-19(16-28-20)8-4-10-21(22)23-11-2-3-13-26-23/h5-6,8-10,14,22-23,26,29H,4,7,11-13,15-19H2,1-3H3;2*5,7,11-13,15,20,24,26,29H,2-4,6,8-10,14,16-19H2,1H3;2*2-4,6,8-11,13-14,20,24,28H,5,7,12,15-17H2,1H3/t22-,26-;24-,26+;24-,26-;20-,24+;20-,24-/m01010/s1. The zero-order valence-corrected chi connectivity index (χ0v) is 91.2. The van der Waals surface area contributed by atoms with E-state index < -0.39 is 0 Å². The zero-order valence-electron chi connectivity index (χ0n) is 91.2. The molecule has 0 radical (unpaired) electrons. The SMILES string of the molecule is CN(C)C1CCN(c2cccc3c2C[C@@H](CN(C)[C@H]2CCCc4cccnc42)NC3)CC1.CN(C[C@@H]1Cc2c(cccc2-c2ccccn2)CN1)[C@H]1CCCc2cccnc21.CN(C[C@@H]1Cc2c(cccc2CC2CCCCC2)CN1)[C@H]1CCCc2cccnc21.CN(C[C@H]1Cc2c(cccc2-c2ccccn2)CN1)[C@H]1CCCc2cccnc21.CN(C[C@H]1Cc2c(cccc2CC2CCCCC2)CN1)[C@H]1CCCc2cccnc21.